The Morgan fingerprint density at radius 1 is 1.09 bits per heavy atom. The Hall–Kier alpha value is -3.63. The van der Waals surface area contributed by atoms with Crippen LogP contribution in [0.15, 0.2) is 49.1 Å². The third kappa shape index (κ3) is 5.16. The SMILES string of the molecule is CCN(C(=O)c1c(F)cccc1-c1ncccn1)C(C)CNc1ncc(C(F)(F)F)cn1. The van der Waals surface area contributed by atoms with Crippen LogP contribution in [0.25, 0.3) is 11.4 Å². The van der Waals surface area contributed by atoms with Crippen molar-refractivity contribution in [2.75, 3.05) is 18.4 Å². The van der Waals surface area contributed by atoms with Crippen molar-refractivity contribution in [1.82, 2.24) is 24.8 Å². The van der Waals surface area contributed by atoms with Crippen LogP contribution < -0.4 is 5.32 Å². The lowest BCUT2D eigenvalue weighted by molar-refractivity contribution is -0.138. The van der Waals surface area contributed by atoms with Gasteiger partial charge in [-0.1, -0.05) is 12.1 Å². The number of aromatic nitrogens is 4. The van der Waals surface area contributed by atoms with E-state index >= 15 is 0 Å². The van der Waals surface area contributed by atoms with Crippen molar-refractivity contribution < 1.29 is 22.4 Å². The van der Waals surface area contributed by atoms with Crippen LogP contribution in [0.4, 0.5) is 23.5 Å². The van der Waals surface area contributed by atoms with E-state index in [0.717, 1.165) is 0 Å². The van der Waals surface area contributed by atoms with Crippen molar-refractivity contribution >= 4 is 11.9 Å². The van der Waals surface area contributed by atoms with Crippen LogP contribution >= 0.6 is 0 Å². The number of carbonyl (C=O) groups is 1. The van der Waals surface area contributed by atoms with Gasteiger partial charge in [-0.15, -0.1) is 0 Å². The number of likely N-dealkylation sites (N-methyl/N-ethyl adjacent to an activating group) is 1. The van der Waals surface area contributed by atoms with Gasteiger partial charge in [0.25, 0.3) is 5.91 Å². The number of alkyl halides is 3. The van der Waals surface area contributed by atoms with Crippen molar-refractivity contribution in [3.8, 4) is 11.4 Å². The van der Waals surface area contributed by atoms with Gasteiger partial charge in [0.2, 0.25) is 5.95 Å². The Kier molecular flexibility index (Phi) is 6.96. The molecule has 32 heavy (non-hydrogen) atoms. The predicted octanol–water partition coefficient (Wildman–Crippen LogP) is 4.05. The molecule has 0 saturated carbocycles. The first-order chi connectivity index (χ1) is 15.2. The molecule has 0 aliphatic rings. The van der Waals surface area contributed by atoms with Gasteiger partial charge in [-0.2, -0.15) is 13.2 Å². The predicted molar refractivity (Wildman–Crippen MR) is 109 cm³/mol. The summed E-state index contributed by atoms with van der Waals surface area (Å²) in [5, 5.41) is 2.80. The molecule has 11 heteroatoms. The number of anilines is 1. The molecule has 2 heterocycles. The van der Waals surface area contributed by atoms with E-state index in [1.807, 2.05) is 0 Å². The van der Waals surface area contributed by atoms with Crippen molar-refractivity contribution in [3.05, 3.63) is 66.0 Å². The van der Waals surface area contributed by atoms with E-state index < -0.39 is 29.5 Å². The molecule has 1 amide bonds. The van der Waals surface area contributed by atoms with E-state index in [1.165, 1.54) is 29.4 Å². The summed E-state index contributed by atoms with van der Waals surface area (Å²) in [6.07, 6.45) is -0.189. The highest BCUT2D eigenvalue weighted by Gasteiger charge is 2.31. The Morgan fingerprint density at radius 3 is 2.34 bits per heavy atom. The van der Waals surface area contributed by atoms with Gasteiger partial charge in [-0.3, -0.25) is 4.79 Å². The van der Waals surface area contributed by atoms with Crippen LogP contribution in [-0.2, 0) is 6.18 Å². The van der Waals surface area contributed by atoms with E-state index in [2.05, 4.69) is 25.3 Å². The maximum atomic E-state index is 14.7. The van der Waals surface area contributed by atoms with Gasteiger partial charge in [0.15, 0.2) is 5.82 Å². The van der Waals surface area contributed by atoms with Crippen molar-refractivity contribution in [1.29, 1.82) is 0 Å². The van der Waals surface area contributed by atoms with E-state index in [1.54, 1.807) is 26.0 Å². The summed E-state index contributed by atoms with van der Waals surface area (Å²) in [5.41, 5.74) is -0.852. The summed E-state index contributed by atoms with van der Waals surface area (Å²) in [6, 6.07) is 5.38. The lowest BCUT2D eigenvalue weighted by Gasteiger charge is -2.29. The smallest absolute Gasteiger partial charge is 0.352 e. The van der Waals surface area contributed by atoms with E-state index in [-0.39, 0.29) is 36.0 Å². The highest BCUT2D eigenvalue weighted by atomic mass is 19.4. The highest BCUT2D eigenvalue weighted by molar-refractivity contribution is 6.00. The molecule has 0 aliphatic heterocycles. The molecule has 0 aliphatic carbocycles. The van der Waals surface area contributed by atoms with Crippen molar-refractivity contribution in [3.63, 3.8) is 0 Å². The van der Waals surface area contributed by atoms with E-state index in [0.29, 0.717) is 12.4 Å². The minimum absolute atomic E-state index is 0.0161. The quantitative estimate of drug-likeness (QED) is 0.549. The Labute approximate surface area is 181 Å². The molecule has 0 saturated heterocycles. The first-order valence-electron chi connectivity index (χ1n) is 9.72. The third-order valence-corrected chi connectivity index (χ3v) is 4.70. The Morgan fingerprint density at radius 2 is 1.75 bits per heavy atom. The lowest BCUT2D eigenvalue weighted by atomic mass is 10.0. The number of benzene rings is 1. The molecule has 0 bridgehead atoms. The van der Waals surface area contributed by atoms with E-state index in [9.17, 15) is 22.4 Å². The standard InChI is InChI=1S/C21H20F4N6O/c1-3-31(13(2)10-28-20-29-11-14(12-30-20)21(23,24)25)19(32)17-15(6-4-7-16(17)22)18-26-8-5-9-27-18/h4-9,11-13H,3,10H2,1-2H3,(H,28,29,30). The first-order valence-corrected chi connectivity index (χ1v) is 9.72. The van der Waals surface area contributed by atoms with Gasteiger partial charge >= 0.3 is 6.18 Å². The molecule has 7 nitrogen and oxygen atoms in total. The normalized spacial score (nSPS) is 12.3. The van der Waals surface area contributed by atoms with Crippen LogP contribution in [0, 0.1) is 5.82 Å². The maximum Gasteiger partial charge on any atom is 0.419 e. The highest BCUT2D eigenvalue weighted by Crippen LogP contribution is 2.28. The van der Waals surface area contributed by atoms with Gasteiger partial charge in [0, 0.05) is 49.5 Å². The third-order valence-electron chi connectivity index (χ3n) is 4.70. The van der Waals surface area contributed by atoms with E-state index in [4.69, 9.17) is 0 Å². The largest absolute Gasteiger partial charge is 0.419 e. The Bertz CT molecular complexity index is 1060. The number of nitrogens with one attached hydrogen (secondary N) is 1. The van der Waals surface area contributed by atoms with Crippen molar-refractivity contribution in [2.24, 2.45) is 0 Å². The number of amides is 1. The number of hydrogen-bond donors (Lipinski definition) is 1. The summed E-state index contributed by atoms with van der Waals surface area (Å²) in [4.78, 5) is 30.2. The number of halogens is 4. The van der Waals surface area contributed by atoms with Gasteiger partial charge in [-0.25, -0.2) is 24.3 Å². The zero-order valence-electron chi connectivity index (χ0n) is 17.3. The fourth-order valence-electron chi connectivity index (χ4n) is 3.08. The van der Waals surface area contributed by atoms with Gasteiger partial charge < -0.3 is 10.2 Å². The molecule has 3 aromatic rings. The number of nitrogens with zero attached hydrogens (tertiary/aromatic N) is 5. The number of rotatable bonds is 7. The molecular formula is C21H20F4N6O. The second kappa shape index (κ2) is 9.67. The molecular weight excluding hydrogens is 428 g/mol. The number of carbonyl (C=O) groups excluding carboxylic acids is 1. The van der Waals surface area contributed by atoms with Gasteiger partial charge in [0.05, 0.1) is 11.1 Å². The molecule has 0 radical (unpaired) electrons. The topological polar surface area (TPSA) is 83.9 Å². The fraction of sp³-hybridized carbons (Fsp3) is 0.286. The Balaban J connectivity index is 1.78. The molecule has 0 spiro atoms. The second-order valence-electron chi connectivity index (χ2n) is 6.85. The monoisotopic (exact) mass is 448 g/mol. The summed E-state index contributed by atoms with van der Waals surface area (Å²) in [7, 11) is 0. The maximum absolute atomic E-state index is 14.7. The zero-order valence-corrected chi connectivity index (χ0v) is 17.3. The molecule has 1 aromatic carbocycles. The summed E-state index contributed by atoms with van der Waals surface area (Å²) in [5.74, 6) is -1.06. The minimum atomic E-state index is -4.53. The average molecular weight is 448 g/mol. The molecule has 1 atom stereocenters. The molecule has 2 aromatic heterocycles. The number of hydrogen-bond acceptors (Lipinski definition) is 6. The van der Waals surface area contributed by atoms with Crippen LogP contribution in [0.1, 0.15) is 29.8 Å². The first kappa shape index (κ1) is 23.0. The minimum Gasteiger partial charge on any atom is -0.352 e. The van der Waals surface area contributed by atoms with Crippen molar-refractivity contribution in [2.45, 2.75) is 26.1 Å². The van der Waals surface area contributed by atoms with Crippen LogP contribution in [0.2, 0.25) is 0 Å². The zero-order chi connectivity index (χ0) is 23.3. The van der Waals surface area contributed by atoms with Crippen LogP contribution in [-0.4, -0.2) is 49.9 Å². The molecule has 1 unspecified atom stereocenters. The molecule has 168 valence electrons. The molecule has 1 N–H and O–H groups in total. The fourth-order valence-corrected chi connectivity index (χ4v) is 3.08. The summed E-state index contributed by atoms with van der Waals surface area (Å²) < 4.78 is 52.6. The average Bonchev–Trinajstić information content (AvgIpc) is 2.78. The summed E-state index contributed by atoms with van der Waals surface area (Å²) in [6.45, 7) is 3.86. The molecule has 0 fully saturated rings. The van der Waals surface area contributed by atoms with Crippen LogP contribution in [0.5, 0.6) is 0 Å². The van der Waals surface area contributed by atoms with Gasteiger partial charge in [0.1, 0.15) is 5.82 Å². The summed E-state index contributed by atoms with van der Waals surface area (Å²) >= 11 is 0. The van der Waals surface area contributed by atoms with Gasteiger partial charge in [-0.05, 0) is 26.0 Å². The van der Waals surface area contributed by atoms with Crippen LogP contribution in [0.3, 0.4) is 0 Å². The molecule has 3 rings (SSSR count). The lowest BCUT2D eigenvalue weighted by Crippen LogP contribution is -2.43. The second-order valence-corrected chi connectivity index (χ2v) is 6.85.